The third kappa shape index (κ3) is 4.99. The Balaban J connectivity index is 1.44. The van der Waals surface area contributed by atoms with Crippen LogP contribution < -0.4 is 10.6 Å². The summed E-state index contributed by atoms with van der Waals surface area (Å²) in [5.74, 6) is 0. The highest BCUT2D eigenvalue weighted by Crippen LogP contribution is 2.49. The molecule has 1 amide bonds. The van der Waals surface area contributed by atoms with Crippen molar-refractivity contribution >= 4 is 40.0 Å². The second kappa shape index (κ2) is 8.61. The summed E-state index contributed by atoms with van der Waals surface area (Å²) in [7, 11) is 0. The molecule has 0 atom stereocenters. The van der Waals surface area contributed by atoms with Crippen molar-refractivity contribution in [2.45, 2.75) is 57.7 Å². The molecule has 2 aliphatic heterocycles. The number of anilines is 1. The van der Waals surface area contributed by atoms with Crippen LogP contribution in [0.2, 0.25) is 5.15 Å². The monoisotopic (exact) mass is 476 g/mol. The third-order valence-electron chi connectivity index (χ3n) is 6.51. The molecule has 3 aliphatic rings. The molecule has 1 aromatic carbocycles. The molecule has 9 nitrogen and oxygen atoms in total. The zero-order chi connectivity index (χ0) is 23.9. The molecular weight excluding hydrogens is 448 g/mol. The summed E-state index contributed by atoms with van der Waals surface area (Å²) >= 11 is 6.16. The van der Waals surface area contributed by atoms with E-state index in [0.717, 1.165) is 25.7 Å². The van der Waals surface area contributed by atoms with E-state index in [9.17, 15) is 14.9 Å². The van der Waals surface area contributed by atoms with Gasteiger partial charge in [-0.15, -0.1) is 0 Å². The van der Waals surface area contributed by atoms with Crippen LogP contribution in [-0.2, 0) is 9.47 Å². The minimum Gasteiger partial charge on any atom is -0.444 e. The topological polar surface area (TPSA) is 116 Å². The first-order valence-corrected chi connectivity index (χ1v) is 11.5. The number of carbonyl (C=O) groups excluding carboxylic acids is 1. The number of aromatic nitrogens is 1. The van der Waals surface area contributed by atoms with Crippen LogP contribution in [0.1, 0.15) is 46.5 Å². The first-order chi connectivity index (χ1) is 15.5. The standard InChI is InChI=1S/C23H29ClN4O5/c1-21(2,3)33-20(29)26-13-23-10-8-22(9-11-23,14-32-23)12-25-17-15-6-4-5-7-16(15)27-19(24)18(17)28(30)31/h4-7H,8-14H2,1-3H3,(H,25,27)(H,26,29). The van der Waals surface area contributed by atoms with Crippen molar-refractivity contribution in [3.63, 3.8) is 0 Å². The molecule has 1 aromatic heterocycles. The van der Waals surface area contributed by atoms with Crippen molar-refractivity contribution in [1.82, 2.24) is 10.3 Å². The fourth-order valence-corrected chi connectivity index (χ4v) is 4.88. The summed E-state index contributed by atoms with van der Waals surface area (Å²) in [5, 5.41) is 18.4. The number of hydrogen-bond donors (Lipinski definition) is 2. The van der Waals surface area contributed by atoms with Gasteiger partial charge >= 0.3 is 11.8 Å². The Bertz CT molecular complexity index is 1060. The van der Waals surface area contributed by atoms with Gasteiger partial charge in [-0.3, -0.25) is 10.1 Å². The van der Waals surface area contributed by atoms with E-state index in [1.807, 2.05) is 32.9 Å². The molecule has 2 aromatic rings. The molecule has 178 valence electrons. The molecule has 33 heavy (non-hydrogen) atoms. The maximum absolute atomic E-state index is 12.0. The summed E-state index contributed by atoms with van der Waals surface area (Å²) in [6.45, 7) is 6.92. The number of ether oxygens (including phenoxy) is 2. The van der Waals surface area contributed by atoms with E-state index in [1.54, 1.807) is 12.1 Å². The summed E-state index contributed by atoms with van der Waals surface area (Å²) in [4.78, 5) is 27.5. The van der Waals surface area contributed by atoms with Gasteiger partial charge < -0.3 is 20.1 Å². The van der Waals surface area contributed by atoms with Crippen molar-refractivity contribution in [3.8, 4) is 0 Å². The Hall–Kier alpha value is -2.65. The van der Waals surface area contributed by atoms with Gasteiger partial charge in [-0.1, -0.05) is 29.8 Å². The van der Waals surface area contributed by atoms with E-state index in [1.165, 1.54) is 0 Å². The number of benzene rings is 1. The fraction of sp³-hybridized carbons (Fsp3) is 0.565. The van der Waals surface area contributed by atoms with E-state index >= 15 is 0 Å². The van der Waals surface area contributed by atoms with Crippen LogP contribution in [0.15, 0.2) is 24.3 Å². The lowest BCUT2D eigenvalue weighted by molar-refractivity contribution is -0.384. The normalized spacial score (nSPS) is 24.5. The van der Waals surface area contributed by atoms with Crippen LogP contribution in [0.5, 0.6) is 0 Å². The Kier molecular flexibility index (Phi) is 6.13. The molecule has 0 unspecified atom stereocenters. The highest BCUT2D eigenvalue weighted by Gasteiger charge is 2.50. The molecule has 1 aliphatic carbocycles. The first-order valence-electron chi connectivity index (χ1n) is 11.1. The molecule has 2 N–H and O–H groups in total. The molecule has 0 spiro atoms. The van der Waals surface area contributed by atoms with Gasteiger partial charge in [0.2, 0.25) is 5.15 Å². The van der Waals surface area contributed by atoms with Gasteiger partial charge in [-0.25, -0.2) is 9.78 Å². The van der Waals surface area contributed by atoms with Crippen LogP contribution in [0.3, 0.4) is 0 Å². The largest absolute Gasteiger partial charge is 0.444 e. The molecule has 1 saturated carbocycles. The predicted octanol–water partition coefficient (Wildman–Crippen LogP) is 5.06. The number of nitro groups is 1. The Morgan fingerprint density at radius 3 is 2.55 bits per heavy atom. The lowest BCUT2D eigenvalue weighted by Gasteiger charge is -2.53. The maximum Gasteiger partial charge on any atom is 0.407 e. The van der Waals surface area contributed by atoms with E-state index in [0.29, 0.717) is 36.3 Å². The minimum atomic E-state index is -0.550. The van der Waals surface area contributed by atoms with Gasteiger partial charge in [-0.05, 0) is 52.5 Å². The second-order valence-electron chi connectivity index (χ2n) is 10.1. The molecule has 2 bridgehead atoms. The molecule has 3 fully saturated rings. The van der Waals surface area contributed by atoms with Crippen molar-refractivity contribution in [3.05, 3.63) is 39.5 Å². The Morgan fingerprint density at radius 1 is 1.24 bits per heavy atom. The fourth-order valence-electron chi connectivity index (χ4n) is 4.63. The van der Waals surface area contributed by atoms with Crippen molar-refractivity contribution in [2.24, 2.45) is 5.41 Å². The average molecular weight is 477 g/mol. The smallest absolute Gasteiger partial charge is 0.407 e. The van der Waals surface area contributed by atoms with Gasteiger partial charge in [-0.2, -0.15) is 0 Å². The number of nitrogens with zero attached hydrogens (tertiary/aromatic N) is 2. The van der Waals surface area contributed by atoms with Crippen molar-refractivity contribution in [2.75, 3.05) is 25.0 Å². The van der Waals surface area contributed by atoms with Crippen molar-refractivity contribution in [1.29, 1.82) is 0 Å². The van der Waals surface area contributed by atoms with Crippen LogP contribution in [0.25, 0.3) is 10.9 Å². The van der Waals surface area contributed by atoms with Gasteiger partial charge in [0.15, 0.2) is 0 Å². The van der Waals surface area contributed by atoms with E-state index in [4.69, 9.17) is 21.1 Å². The number of nitrogens with one attached hydrogen (secondary N) is 2. The minimum absolute atomic E-state index is 0.130. The van der Waals surface area contributed by atoms with Crippen LogP contribution >= 0.6 is 11.6 Å². The first kappa shape index (κ1) is 23.5. The predicted molar refractivity (Wildman–Crippen MR) is 126 cm³/mol. The average Bonchev–Trinajstić information content (AvgIpc) is 2.76. The van der Waals surface area contributed by atoms with E-state index in [-0.39, 0.29) is 16.3 Å². The SMILES string of the molecule is CC(C)(C)OC(=O)NCC12CCC(CNc3c([N+](=O)[O-])c(Cl)nc4ccccc34)(CC1)CO2. The van der Waals surface area contributed by atoms with Gasteiger partial charge in [0.25, 0.3) is 0 Å². The lowest BCUT2D eigenvalue weighted by Crippen LogP contribution is -2.58. The highest BCUT2D eigenvalue weighted by atomic mass is 35.5. The number of pyridine rings is 1. The molecule has 5 rings (SSSR count). The van der Waals surface area contributed by atoms with Gasteiger partial charge in [0.05, 0.1) is 22.6 Å². The summed E-state index contributed by atoms with van der Waals surface area (Å²) in [5.41, 5.74) is -0.306. The quantitative estimate of drug-likeness (QED) is 0.340. The van der Waals surface area contributed by atoms with E-state index in [2.05, 4.69) is 15.6 Å². The second-order valence-corrected chi connectivity index (χ2v) is 10.4. The number of carbonyl (C=O) groups is 1. The molecular formula is C23H29ClN4O5. The van der Waals surface area contributed by atoms with Crippen LogP contribution in [0, 0.1) is 15.5 Å². The number of amides is 1. The zero-order valence-corrected chi connectivity index (χ0v) is 19.8. The van der Waals surface area contributed by atoms with Crippen molar-refractivity contribution < 1.29 is 19.2 Å². The highest BCUT2D eigenvalue weighted by molar-refractivity contribution is 6.33. The van der Waals surface area contributed by atoms with E-state index < -0.39 is 22.2 Å². The third-order valence-corrected chi connectivity index (χ3v) is 6.77. The number of halogens is 1. The number of fused-ring (bicyclic) bond motifs is 4. The summed E-state index contributed by atoms with van der Waals surface area (Å²) in [6.07, 6.45) is 2.92. The number of alkyl carbamates (subject to hydrolysis) is 1. The lowest BCUT2D eigenvalue weighted by atomic mass is 9.66. The summed E-state index contributed by atoms with van der Waals surface area (Å²) in [6, 6.07) is 7.23. The maximum atomic E-state index is 12.0. The van der Waals surface area contributed by atoms with Gasteiger partial charge in [0, 0.05) is 23.9 Å². The van der Waals surface area contributed by atoms with Crippen LogP contribution in [-0.4, -0.2) is 46.9 Å². The number of hydrogen-bond acceptors (Lipinski definition) is 7. The molecule has 2 saturated heterocycles. The summed E-state index contributed by atoms with van der Waals surface area (Å²) < 4.78 is 11.6. The number of para-hydroxylation sites is 1. The Labute approximate surface area is 197 Å². The molecule has 3 heterocycles. The number of rotatable bonds is 6. The zero-order valence-electron chi connectivity index (χ0n) is 19.1. The molecule has 0 radical (unpaired) electrons. The molecule has 10 heteroatoms. The van der Waals surface area contributed by atoms with Gasteiger partial charge in [0.1, 0.15) is 11.3 Å². The van der Waals surface area contributed by atoms with Crippen LogP contribution in [0.4, 0.5) is 16.2 Å². The Morgan fingerprint density at radius 2 is 1.94 bits per heavy atom.